The molecule has 3 N–H and O–H groups in total. The van der Waals surface area contributed by atoms with E-state index in [2.05, 4.69) is 22.2 Å². The van der Waals surface area contributed by atoms with Crippen LogP contribution in [0.3, 0.4) is 0 Å². The molecular weight excluding hydrogens is 272 g/mol. The van der Waals surface area contributed by atoms with Crippen molar-refractivity contribution in [1.29, 1.82) is 0 Å². The number of hydrogen-bond acceptors (Lipinski definition) is 6. The first-order chi connectivity index (χ1) is 10.1. The van der Waals surface area contributed by atoms with Crippen LogP contribution >= 0.6 is 0 Å². The lowest BCUT2D eigenvalue weighted by atomic mass is 10.2. The molecule has 0 aliphatic carbocycles. The van der Waals surface area contributed by atoms with E-state index in [1.54, 1.807) is 26.4 Å². The zero-order chi connectivity index (χ0) is 15.7. The first kappa shape index (κ1) is 17.5. The fraction of sp³-hybridized carbons (Fsp3) is 0.571. The third-order valence-corrected chi connectivity index (χ3v) is 3.15. The summed E-state index contributed by atoms with van der Waals surface area (Å²) in [6.07, 6.45) is 0. The van der Waals surface area contributed by atoms with Crippen LogP contribution in [-0.2, 0) is 16.0 Å². The molecule has 0 aliphatic rings. The fourth-order valence-corrected chi connectivity index (χ4v) is 1.99. The summed E-state index contributed by atoms with van der Waals surface area (Å²) in [5.74, 6) is 4.73. The minimum atomic E-state index is -0.398. The molecule has 1 atom stereocenters. The number of carbonyl (C=O) groups excluding carboxylic acids is 1. The van der Waals surface area contributed by atoms with E-state index in [0.29, 0.717) is 25.5 Å². The van der Waals surface area contributed by atoms with Crippen molar-refractivity contribution in [3.05, 3.63) is 29.6 Å². The molecule has 21 heavy (non-hydrogen) atoms. The second-order valence-electron chi connectivity index (χ2n) is 4.76. The number of carbonyl (C=O) groups is 1. The minimum Gasteiger partial charge on any atom is -0.383 e. The number of aromatic nitrogens is 1. The Balaban J connectivity index is 2.79. The Morgan fingerprint density at radius 2 is 2.19 bits per heavy atom. The van der Waals surface area contributed by atoms with E-state index < -0.39 is 5.91 Å². The van der Waals surface area contributed by atoms with Crippen molar-refractivity contribution in [2.24, 2.45) is 5.84 Å². The number of pyridine rings is 1. The van der Waals surface area contributed by atoms with Gasteiger partial charge in [-0.2, -0.15) is 0 Å². The Morgan fingerprint density at radius 1 is 1.43 bits per heavy atom. The van der Waals surface area contributed by atoms with Crippen molar-refractivity contribution in [2.45, 2.75) is 19.5 Å². The molecule has 1 rings (SSSR count). The summed E-state index contributed by atoms with van der Waals surface area (Å²) in [5.41, 5.74) is 3.19. The second kappa shape index (κ2) is 9.41. The van der Waals surface area contributed by atoms with Gasteiger partial charge in [0.05, 0.1) is 18.9 Å². The van der Waals surface area contributed by atoms with E-state index in [1.807, 2.05) is 6.07 Å². The van der Waals surface area contributed by atoms with Crippen LogP contribution in [0.1, 0.15) is 23.1 Å². The Hall–Kier alpha value is -1.54. The number of nitrogens with two attached hydrogens (primary N) is 1. The van der Waals surface area contributed by atoms with Crippen LogP contribution in [-0.4, -0.2) is 55.8 Å². The quantitative estimate of drug-likeness (QED) is 0.383. The first-order valence-corrected chi connectivity index (χ1v) is 6.81. The molecule has 0 saturated heterocycles. The standard InChI is InChI=1S/C14H24N4O3/c1-11(10-21-3)18(7-8-20-2)9-12-5-4-6-13(16-12)14(19)17-15/h4-6,11H,7-10,15H2,1-3H3,(H,17,19). The molecule has 118 valence electrons. The van der Waals surface area contributed by atoms with Gasteiger partial charge in [-0.25, -0.2) is 10.8 Å². The van der Waals surface area contributed by atoms with Crippen molar-refractivity contribution < 1.29 is 14.3 Å². The molecular formula is C14H24N4O3. The summed E-state index contributed by atoms with van der Waals surface area (Å²) in [5, 5.41) is 0. The minimum absolute atomic E-state index is 0.221. The van der Waals surface area contributed by atoms with Crippen LogP contribution in [0.4, 0.5) is 0 Å². The van der Waals surface area contributed by atoms with Crippen molar-refractivity contribution in [2.75, 3.05) is 34.0 Å². The highest BCUT2D eigenvalue weighted by atomic mass is 16.5. The number of nitrogens with one attached hydrogen (secondary N) is 1. The maximum atomic E-state index is 11.5. The average molecular weight is 296 g/mol. The van der Waals surface area contributed by atoms with Gasteiger partial charge >= 0.3 is 0 Å². The molecule has 0 aromatic carbocycles. The van der Waals surface area contributed by atoms with Crippen molar-refractivity contribution >= 4 is 5.91 Å². The lowest BCUT2D eigenvalue weighted by Crippen LogP contribution is -2.38. The summed E-state index contributed by atoms with van der Waals surface area (Å²) in [6, 6.07) is 5.53. The monoisotopic (exact) mass is 296 g/mol. The Kier molecular flexibility index (Phi) is 7.84. The lowest BCUT2D eigenvalue weighted by Gasteiger charge is -2.28. The normalized spacial score (nSPS) is 12.4. The van der Waals surface area contributed by atoms with E-state index in [-0.39, 0.29) is 6.04 Å². The molecule has 0 aliphatic heterocycles. The third kappa shape index (κ3) is 5.76. The predicted octanol–water partition coefficient (Wildman–Crippen LogP) is 0.168. The molecule has 0 saturated carbocycles. The first-order valence-electron chi connectivity index (χ1n) is 6.81. The summed E-state index contributed by atoms with van der Waals surface area (Å²) < 4.78 is 10.3. The molecule has 1 aromatic rings. The molecule has 7 nitrogen and oxygen atoms in total. The third-order valence-electron chi connectivity index (χ3n) is 3.15. The smallest absolute Gasteiger partial charge is 0.283 e. The van der Waals surface area contributed by atoms with Crippen molar-refractivity contribution in [3.8, 4) is 0 Å². The number of methoxy groups -OCH3 is 2. The SMILES string of the molecule is COCCN(Cc1cccc(C(=O)NN)n1)C(C)COC. The van der Waals surface area contributed by atoms with E-state index >= 15 is 0 Å². The molecule has 0 fully saturated rings. The summed E-state index contributed by atoms with van der Waals surface area (Å²) in [6.45, 7) is 4.69. The summed E-state index contributed by atoms with van der Waals surface area (Å²) >= 11 is 0. The molecule has 0 spiro atoms. The molecule has 0 bridgehead atoms. The number of ether oxygens (including phenoxy) is 2. The molecule has 1 unspecified atom stereocenters. The average Bonchev–Trinajstić information content (AvgIpc) is 2.51. The van der Waals surface area contributed by atoms with Crippen LogP contribution < -0.4 is 11.3 Å². The van der Waals surface area contributed by atoms with Crippen LogP contribution in [0, 0.1) is 0 Å². The van der Waals surface area contributed by atoms with Gasteiger partial charge in [-0.3, -0.25) is 15.1 Å². The second-order valence-corrected chi connectivity index (χ2v) is 4.76. The summed E-state index contributed by atoms with van der Waals surface area (Å²) in [7, 11) is 3.35. The number of rotatable bonds is 9. The van der Waals surface area contributed by atoms with Crippen molar-refractivity contribution in [1.82, 2.24) is 15.3 Å². The highest BCUT2D eigenvalue weighted by molar-refractivity contribution is 5.91. The number of nitrogen functional groups attached to an aromatic ring is 1. The maximum Gasteiger partial charge on any atom is 0.283 e. The molecule has 7 heteroatoms. The van der Waals surface area contributed by atoms with Crippen LogP contribution in [0.2, 0.25) is 0 Å². The van der Waals surface area contributed by atoms with Gasteiger partial charge in [-0.05, 0) is 19.1 Å². The van der Waals surface area contributed by atoms with Gasteiger partial charge in [-0.1, -0.05) is 6.07 Å². The maximum absolute atomic E-state index is 11.5. The largest absolute Gasteiger partial charge is 0.383 e. The number of hydrazine groups is 1. The van der Waals surface area contributed by atoms with Gasteiger partial charge in [-0.15, -0.1) is 0 Å². The topological polar surface area (TPSA) is 89.7 Å². The molecule has 1 heterocycles. The molecule has 1 aromatic heterocycles. The molecule has 1 amide bonds. The van der Waals surface area contributed by atoms with E-state index in [4.69, 9.17) is 15.3 Å². The van der Waals surface area contributed by atoms with Crippen LogP contribution in [0.25, 0.3) is 0 Å². The van der Waals surface area contributed by atoms with E-state index in [9.17, 15) is 4.79 Å². The Bertz CT molecular complexity index is 442. The lowest BCUT2D eigenvalue weighted by molar-refractivity contribution is 0.0696. The van der Waals surface area contributed by atoms with Gasteiger partial charge in [0.25, 0.3) is 5.91 Å². The van der Waals surface area contributed by atoms with Gasteiger partial charge in [0.1, 0.15) is 5.69 Å². The van der Waals surface area contributed by atoms with Gasteiger partial charge in [0, 0.05) is 33.4 Å². The van der Waals surface area contributed by atoms with Crippen molar-refractivity contribution in [3.63, 3.8) is 0 Å². The Labute approximate surface area is 125 Å². The zero-order valence-corrected chi connectivity index (χ0v) is 12.8. The number of nitrogens with zero attached hydrogens (tertiary/aromatic N) is 2. The van der Waals surface area contributed by atoms with E-state index in [0.717, 1.165) is 12.2 Å². The zero-order valence-electron chi connectivity index (χ0n) is 12.8. The van der Waals surface area contributed by atoms with Gasteiger partial charge < -0.3 is 9.47 Å². The summed E-state index contributed by atoms with van der Waals surface area (Å²) in [4.78, 5) is 18.0. The Morgan fingerprint density at radius 3 is 2.81 bits per heavy atom. The predicted molar refractivity (Wildman–Crippen MR) is 79.5 cm³/mol. The van der Waals surface area contributed by atoms with E-state index in [1.165, 1.54) is 0 Å². The highest BCUT2D eigenvalue weighted by Gasteiger charge is 2.15. The highest BCUT2D eigenvalue weighted by Crippen LogP contribution is 2.08. The number of hydrogen-bond donors (Lipinski definition) is 2. The van der Waals surface area contributed by atoms with Crippen LogP contribution in [0.5, 0.6) is 0 Å². The van der Waals surface area contributed by atoms with Crippen LogP contribution in [0.15, 0.2) is 18.2 Å². The van der Waals surface area contributed by atoms with Gasteiger partial charge in [0.2, 0.25) is 0 Å². The molecule has 0 radical (unpaired) electrons. The van der Waals surface area contributed by atoms with Gasteiger partial charge in [0.15, 0.2) is 0 Å². The fourth-order valence-electron chi connectivity index (χ4n) is 1.99. The number of amides is 1.